The molecule has 0 bridgehead atoms. The van der Waals surface area contributed by atoms with Gasteiger partial charge in [0, 0.05) is 24.2 Å². The van der Waals surface area contributed by atoms with Crippen LogP contribution in [0.1, 0.15) is 34.3 Å². The maximum Gasteiger partial charge on any atom is 0.378 e. The summed E-state index contributed by atoms with van der Waals surface area (Å²) in [4.78, 5) is 40.5. The van der Waals surface area contributed by atoms with Gasteiger partial charge in [0.1, 0.15) is 48.4 Å². The van der Waals surface area contributed by atoms with Gasteiger partial charge in [0.15, 0.2) is 11.5 Å². The van der Waals surface area contributed by atoms with E-state index in [0.717, 1.165) is 54.1 Å². The van der Waals surface area contributed by atoms with Gasteiger partial charge in [-0.3, -0.25) is 14.5 Å². The van der Waals surface area contributed by atoms with Crippen molar-refractivity contribution in [3.63, 3.8) is 0 Å². The number of fused-ring (bicyclic) bond motifs is 1. The maximum absolute atomic E-state index is 13.6. The Hall–Kier alpha value is -4.37. The van der Waals surface area contributed by atoms with Crippen molar-refractivity contribution in [2.75, 3.05) is 52.7 Å². The van der Waals surface area contributed by atoms with Crippen LogP contribution in [-0.2, 0) is 27.5 Å². The van der Waals surface area contributed by atoms with Gasteiger partial charge in [-0.15, -0.1) is 11.8 Å². The lowest BCUT2D eigenvalue weighted by molar-refractivity contribution is -0.911. The first-order chi connectivity index (χ1) is 25.2. The highest BCUT2D eigenvalue weighted by atomic mass is 35.5. The number of thioether (sulfide) groups is 1. The van der Waals surface area contributed by atoms with Crippen molar-refractivity contribution < 1.29 is 42.5 Å². The lowest BCUT2D eigenvalue weighted by atomic mass is 10.0. The normalized spacial score (nSPS) is 19.0. The Morgan fingerprint density at radius 1 is 0.962 bits per heavy atom. The molecule has 2 atom stereocenters. The summed E-state index contributed by atoms with van der Waals surface area (Å²) < 4.78 is 28.1. The number of carbonyl (C=O) groups is 3. The molecule has 0 unspecified atom stereocenters. The quantitative estimate of drug-likeness (QED) is 0.133. The van der Waals surface area contributed by atoms with Gasteiger partial charge in [-0.25, -0.2) is 4.79 Å². The predicted octanol–water partition coefficient (Wildman–Crippen LogP) is 3.98. The molecule has 3 aromatic rings. The van der Waals surface area contributed by atoms with E-state index in [9.17, 15) is 14.4 Å². The molecule has 2 saturated heterocycles. The van der Waals surface area contributed by atoms with Crippen molar-refractivity contribution in [1.29, 1.82) is 0 Å². The molecule has 0 spiro atoms. The summed E-state index contributed by atoms with van der Waals surface area (Å²) in [5.74, 6) is 1.20. The van der Waals surface area contributed by atoms with E-state index in [1.165, 1.54) is 16.7 Å². The number of rotatable bonds is 15. The summed E-state index contributed by atoms with van der Waals surface area (Å²) in [7, 11) is 8.50. The monoisotopic (exact) mass is 747 g/mol. The minimum Gasteiger partial charge on any atom is -0.539 e. The number of quaternary nitrogens is 1. The van der Waals surface area contributed by atoms with Crippen LogP contribution < -0.4 is 30.0 Å². The van der Waals surface area contributed by atoms with Crippen molar-refractivity contribution in [2.45, 2.75) is 37.5 Å². The van der Waals surface area contributed by atoms with E-state index in [4.69, 9.17) is 44.3 Å². The summed E-state index contributed by atoms with van der Waals surface area (Å²) in [6.45, 7) is 3.60. The molecule has 0 saturated carbocycles. The first kappa shape index (κ1) is 37.4. The summed E-state index contributed by atoms with van der Waals surface area (Å²) in [5.41, 5.74) is 9.00. The first-order valence-corrected chi connectivity index (χ1v) is 18.4. The molecule has 3 N–H and O–H groups in total. The molecule has 3 aliphatic heterocycles. The molecule has 2 radical (unpaired) electrons. The second-order valence-electron chi connectivity index (χ2n) is 13.0. The number of likely N-dealkylation sites (tertiary alicyclic amines) is 1. The average Bonchev–Trinajstić information content (AvgIpc) is 3.64. The highest BCUT2D eigenvalue weighted by Gasteiger charge is 2.53. The molecule has 2 amide bonds. The Balaban J connectivity index is 1.17. The van der Waals surface area contributed by atoms with Crippen molar-refractivity contribution >= 4 is 49.2 Å². The molecule has 15 heteroatoms. The lowest BCUT2D eigenvalue weighted by Crippen LogP contribution is -2.69. The van der Waals surface area contributed by atoms with E-state index >= 15 is 0 Å². The molecule has 3 aromatic carbocycles. The summed E-state index contributed by atoms with van der Waals surface area (Å²) in [6.07, 6.45) is 2.00. The number of hydrogen-bond acceptors (Lipinski definition) is 10. The van der Waals surface area contributed by atoms with Crippen molar-refractivity contribution in [3.8, 4) is 23.0 Å². The number of methoxy groups -OCH3 is 2. The molecular formula is C37H41BClN4O8S+. The summed E-state index contributed by atoms with van der Waals surface area (Å²) in [6, 6.07) is 17.6. The van der Waals surface area contributed by atoms with Gasteiger partial charge in [-0.2, -0.15) is 0 Å². The Labute approximate surface area is 313 Å². The topological polar surface area (TPSA) is 139 Å². The molecule has 12 nitrogen and oxygen atoms in total. The molecule has 272 valence electrons. The number of nitrogens with two attached hydrogens (primary N) is 1. The molecular weight excluding hydrogens is 707 g/mol. The van der Waals surface area contributed by atoms with Gasteiger partial charge in [0.25, 0.3) is 5.91 Å². The molecule has 3 aliphatic rings. The summed E-state index contributed by atoms with van der Waals surface area (Å²) >= 11 is 8.44. The zero-order chi connectivity index (χ0) is 36.8. The maximum atomic E-state index is 13.6. The third-order valence-electron chi connectivity index (χ3n) is 9.70. The van der Waals surface area contributed by atoms with Crippen LogP contribution in [0.5, 0.6) is 23.0 Å². The minimum atomic E-state index is -0.748. The van der Waals surface area contributed by atoms with Crippen LogP contribution in [0.15, 0.2) is 71.9 Å². The SMILES string of the molecule is [B]OC(=O)C1=C(C[N+]2(CCNC(=O)c3ccc(OCc4ccc(OC)cc4)c(OCc4ccc(OC)cc4)c3Cl)CCCC2)CS[C@@H]2[C@H](N)C(=O)N12. The zero-order valence-corrected chi connectivity index (χ0v) is 30.7. The number of hydrogen-bond donors (Lipinski definition) is 2. The molecule has 0 aliphatic carbocycles. The second kappa shape index (κ2) is 16.5. The highest BCUT2D eigenvalue weighted by Crippen LogP contribution is 2.41. The molecule has 0 aromatic heterocycles. The largest absolute Gasteiger partial charge is 0.539 e. The lowest BCUT2D eigenvalue weighted by Gasteiger charge is -2.49. The Kier molecular flexibility index (Phi) is 11.9. The number of ether oxygens (including phenoxy) is 4. The van der Waals surface area contributed by atoms with Crippen LogP contribution in [0.25, 0.3) is 0 Å². The number of β-lactam (4-membered cyclic amide) rings is 1. The van der Waals surface area contributed by atoms with Crippen LogP contribution in [-0.4, -0.2) is 99.3 Å². The van der Waals surface area contributed by atoms with Crippen molar-refractivity contribution in [3.05, 3.63) is 93.6 Å². The number of halogens is 1. The Morgan fingerprint density at radius 3 is 2.17 bits per heavy atom. The van der Waals surface area contributed by atoms with Crippen molar-refractivity contribution in [1.82, 2.24) is 10.2 Å². The van der Waals surface area contributed by atoms with E-state index in [0.29, 0.717) is 35.6 Å². The van der Waals surface area contributed by atoms with Crippen LogP contribution in [0.4, 0.5) is 0 Å². The second-order valence-corrected chi connectivity index (χ2v) is 14.4. The number of nitrogens with zero attached hydrogens (tertiary/aromatic N) is 2. The third-order valence-corrected chi connectivity index (χ3v) is 11.4. The van der Waals surface area contributed by atoms with Crippen LogP contribution >= 0.6 is 23.4 Å². The molecule has 6 rings (SSSR count). The third kappa shape index (κ3) is 8.00. The standard InChI is InChI=1S/C37H40BClN4O8S/c1-47-26-9-5-23(6-10-26)20-49-29-14-13-28(30(39)33(29)50-21-24-7-11-27(48-2)12-8-24)34(44)41-15-18-43(16-3-4-17-43)19-25-22-52-36-31(40)35(45)42(36)32(25)37(46)51-38/h5-14,31,36H,3-4,15-22,40H2,1-2H3/p+1/t31-,36-/m1/s1. The van der Waals surface area contributed by atoms with Gasteiger partial charge in [0.05, 0.1) is 51.0 Å². The summed E-state index contributed by atoms with van der Waals surface area (Å²) in [5, 5.41) is 2.86. The smallest absolute Gasteiger partial charge is 0.378 e. The zero-order valence-electron chi connectivity index (χ0n) is 29.1. The van der Waals surface area contributed by atoms with Gasteiger partial charge in [-0.05, 0) is 47.5 Å². The van der Waals surface area contributed by atoms with Gasteiger partial charge in [-0.1, -0.05) is 35.9 Å². The van der Waals surface area contributed by atoms with E-state index in [1.807, 2.05) is 48.5 Å². The van der Waals surface area contributed by atoms with Gasteiger partial charge < -0.3 is 39.1 Å². The average molecular weight is 748 g/mol. The van der Waals surface area contributed by atoms with Gasteiger partial charge in [0.2, 0.25) is 5.91 Å². The van der Waals surface area contributed by atoms with E-state index < -0.39 is 12.0 Å². The van der Waals surface area contributed by atoms with E-state index in [1.54, 1.807) is 26.4 Å². The Morgan fingerprint density at radius 2 is 1.58 bits per heavy atom. The fourth-order valence-corrected chi connectivity index (χ4v) is 8.42. The molecule has 3 heterocycles. The highest BCUT2D eigenvalue weighted by molar-refractivity contribution is 8.00. The number of carbonyl (C=O) groups excluding carboxylic acids is 3. The number of nitrogens with one attached hydrogen (secondary N) is 1. The van der Waals surface area contributed by atoms with Crippen molar-refractivity contribution in [2.24, 2.45) is 5.73 Å². The Bertz CT molecular complexity index is 1820. The predicted molar refractivity (Wildman–Crippen MR) is 197 cm³/mol. The minimum absolute atomic E-state index is 0.129. The molecule has 2 fully saturated rings. The van der Waals surface area contributed by atoms with Crippen LogP contribution in [0.2, 0.25) is 5.02 Å². The molecule has 52 heavy (non-hydrogen) atoms. The van der Waals surface area contributed by atoms with Gasteiger partial charge >= 0.3 is 14.0 Å². The fraction of sp³-hybridized carbons (Fsp3) is 0.378. The number of benzene rings is 3. The van der Waals surface area contributed by atoms with E-state index in [2.05, 4.69) is 9.97 Å². The van der Waals surface area contributed by atoms with Crippen LogP contribution in [0.3, 0.4) is 0 Å². The fourth-order valence-electron chi connectivity index (χ4n) is 6.84. The van der Waals surface area contributed by atoms with Crippen LogP contribution in [0, 0.1) is 0 Å². The number of amides is 2. The first-order valence-electron chi connectivity index (χ1n) is 17.0. The van der Waals surface area contributed by atoms with E-state index in [-0.39, 0.29) is 52.4 Å².